The minimum Gasteiger partial charge on any atom is -0.487 e. The molecule has 2 aromatic rings. The molecule has 0 fully saturated rings. The maximum Gasteiger partial charge on any atom is 0.142 e. The van der Waals surface area contributed by atoms with Gasteiger partial charge in [-0.25, -0.2) is 0 Å². The Morgan fingerprint density at radius 1 is 1.14 bits per heavy atom. The average Bonchev–Trinajstić information content (AvgIpc) is 2.52. The van der Waals surface area contributed by atoms with Crippen molar-refractivity contribution in [2.24, 2.45) is 0 Å². The molecule has 2 N–H and O–H groups in total. The van der Waals surface area contributed by atoms with Crippen molar-refractivity contribution in [3.8, 4) is 5.75 Å². The third kappa shape index (κ3) is 3.76. The second kappa shape index (κ2) is 6.64. The summed E-state index contributed by atoms with van der Waals surface area (Å²) >= 11 is 0. The monoisotopic (exact) mass is 282 g/mol. The van der Waals surface area contributed by atoms with Crippen molar-refractivity contribution in [3.05, 3.63) is 59.7 Å². The van der Waals surface area contributed by atoms with Gasteiger partial charge in [-0.05, 0) is 43.1 Å². The summed E-state index contributed by atoms with van der Waals surface area (Å²) < 4.78 is 5.79. The molecule has 1 unspecified atom stereocenters. The Balaban J connectivity index is 1.50. The molecule has 0 aliphatic carbocycles. The highest BCUT2D eigenvalue weighted by Crippen LogP contribution is 2.29. The van der Waals surface area contributed by atoms with Gasteiger partial charge in [0.25, 0.3) is 0 Å². The van der Waals surface area contributed by atoms with Crippen LogP contribution in [0, 0.1) is 0 Å². The van der Waals surface area contributed by atoms with Crippen LogP contribution >= 0.6 is 0 Å². The molecule has 0 radical (unpaired) electrons. The fourth-order valence-electron chi connectivity index (χ4n) is 2.55. The van der Waals surface area contributed by atoms with Gasteiger partial charge in [-0.15, -0.1) is 0 Å². The fourth-order valence-corrected chi connectivity index (χ4v) is 2.55. The molecule has 0 saturated carbocycles. The topological polar surface area (TPSA) is 33.3 Å². The van der Waals surface area contributed by atoms with Crippen LogP contribution in [0.25, 0.3) is 0 Å². The number of nitrogens with one attached hydrogen (secondary N) is 2. The van der Waals surface area contributed by atoms with E-state index in [2.05, 4.69) is 60.0 Å². The minimum atomic E-state index is 0.246. The van der Waals surface area contributed by atoms with Crippen molar-refractivity contribution in [1.82, 2.24) is 5.32 Å². The van der Waals surface area contributed by atoms with Crippen molar-refractivity contribution in [2.75, 3.05) is 18.4 Å². The lowest BCUT2D eigenvalue weighted by molar-refractivity contribution is 0.226. The normalized spacial score (nSPS) is 16.7. The van der Waals surface area contributed by atoms with Gasteiger partial charge in [0.2, 0.25) is 0 Å². The first kappa shape index (κ1) is 14.0. The van der Waals surface area contributed by atoms with Crippen molar-refractivity contribution < 1.29 is 4.74 Å². The van der Waals surface area contributed by atoms with Crippen LogP contribution in [0.4, 0.5) is 5.69 Å². The largest absolute Gasteiger partial charge is 0.487 e. The molecule has 0 saturated heterocycles. The highest BCUT2D eigenvalue weighted by Gasteiger charge is 2.15. The SMILES string of the molecule is CC1CNc2cc(CCNCc3ccccc3)ccc2O1. The number of rotatable bonds is 5. The van der Waals surface area contributed by atoms with Crippen LogP contribution in [-0.4, -0.2) is 19.2 Å². The number of hydrogen-bond acceptors (Lipinski definition) is 3. The second-order valence-electron chi connectivity index (χ2n) is 5.55. The zero-order valence-electron chi connectivity index (χ0n) is 12.4. The van der Waals surface area contributed by atoms with E-state index in [1.807, 2.05) is 6.07 Å². The molecular formula is C18H22N2O. The Bertz CT molecular complexity index is 583. The fraction of sp³-hybridized carbons (Fsp3) is 0.333. The van der Waals surface area contributed by atoms with E-state index in [1.165, 1.54) is 11.1 Å². The van der Waals surface area contributed by atoms with E-state index in [9.17, 15) is 0 Å². The lowest BCUT2D eigenvalue weighted by Gasteiger charge is -2.25. The Morgan fingerprint density at radius 2 is 2.00 bits per heavy atom. The summed E-state index contributed by atoms with van der Waals surface area (Å²) in [5.74, 6) is 0.967. The molecule has 0 spiro atoms. The van der Waals surface area contributed by atoms with Gasteiger partial charge in [0.1, 0.15) is 11.9 Å². The summed E-state index contributed by atoms with van der Waals surface area (Å²) in [6, 6.07) is 16.9. The lowest BCUT2D eigenvalue weighted by Crippen LogP contribution is -2.27. The lowest BCUT2D eigenvalue weighted by atomic mass is 10.1. The Labute approximate surface area is 126 Å². The highest BCUT2D eigenvalue weighted by molar-refractivity contribution is 5.59. The Morgan fingerprint density at radius 3 is 2.86 bits per heavy atom. The van der Waals surface area contributed by atoms with Crippen LogP contribution in [0.3, 0.4) is 0 Å². The average molecular weight is 282 g/mol. The van der Waals surface area contributed by atoms with Crippen LogP contribution in [0.1, 0.15) is 18.1 Å². The molecule has 0 bridgehead atoms. The molecular weight excluding hydrogens is 260 g/mol. The summed E-state index contributed by atoms with van der Waals surface area (Å²) in [7, 11) is 0. The summed E-state index contributed by atoms with van der Waals surface area (Å²) in [5, 5.41) is 6.91. The van der Waals surface area contributed by atoms with Crippen molar-refractivity contribution >= 4 is 5.69 Å². The molecule has 0 aromatic heterocycles. The first-order chi connectivity index (χ1) is 10.3. The van der Waals surface area contributed by atoms with E-state index < -0.39 is 0 Å². The van der Waals surface area contributed by atoms with Crippen molar-refractivity contribution in [1.29, 1.82) is 0 Å². The smallest absolute Gasteiger partial charge is 0.142 e. The second-order valence-corrected chi connectivity index (χ2v) is 5.55. The third-order valence-corrected chi connectivity index (χ3v) is 3.71. The standard InChI is InChI=1S/C18H22N2O/c1-14-12-20-17-11-15(7-8-18(17)21-14)9-10-19-13-16-5-3-2-4-6-16/h2-8,11,14,19-20H,9-10,12-13H2,1H3. The number of benzene rings is 2. The Kier molecular flexibility index (Phi) is 4.41. The first-order valence-corrected chi connectivity index (χ1v) is 7.59. The number of anilines is 1. The molecule has 1 heterocycles. The predicted octanol–water partition coefficient (Wildman–Crippen LogP) is 3.21. The van der Waals surface area contributed by atoms with Crippen molar-refractivity contribution in [2.45, 2.75) is 26.0 Å². The van der Waals surface area contributed by atoms with E-state index in [1.54, 1.807) is 0 Å². The number of ether oxygens (including phenoxy) is 1. The molecule has 3 heteroatoms. The van der Waals surface area contributed by atoms with Crippen LogP contribution in [0.2, 0.25) is 0 Å². The maximum absolute atomic E-state index is 5.79. The minimum absolute atomic E-state index is 0.246. The molecule has 1 aliphatic rings. The summed E-state index contributed by atoms with van der Waals surface area (Å²) in [6.07, 6.45) is 1.27. The van der Waals surface area contributed by atoms with Gasteiger partial charge in [-0.2, -0.15) is 0 Å². The zero-order valence-corrected chi connectivity index (χ0v) is 12.4. The molecule has 110 valence electrons. The van der Waals surface area contributed by atoms with E-state index in [0.29, 0.717) is 0 Å². The maximum atomic E-state index is 5.79. The molecule has 3 nitrogen and oxygen atoms in total. The van der Waals surface area contributed by atoms with Crippen LogP contribution in [-0.2, 0) is 13.0 Å². The van der Waals surface area contributed by atoms with Gasteiger partial charge in [-0.1, -0.05) is 36.4 Å². The van der Waals surface area contributed by atoms with E-state index in [0.717, 1.165) is 37.5 Å². The predicted molar refractivity (Wildman–Crippen MR) is 86.9 cm³/mol. The van der Waals surface area contributed by atoms with Gasteiger partial charge in [0.15, 0.2) is 0 Å². The van der Waals surface area contributed by atoms with E-state index in [-0.39, 0.29) is 6.10 Å². The summed E-state index contributed by atoms with van der Waals surface area (Å²) in [4.78, 5) is 0. The van der Waals surface area contributed by atoms with Crippen molar-refractivity contribution in [3.63, 3.8) is 0 Å². The third-order valence-electron chi connectivity index (χ3n) is 3.71. The molecule has 1 atom stereocenters. The molecule has 1 aliphatic heterocycles. The number of hydrogen-bond donors (Lipinski definition) is 2. The quantitative estimate of drug-likeness (QED) is 0.826. The van der Waals surface area contributed by atoms with Gasteiger partial charge in [0.05, 0.1) is 12.2 Å². The van der Waals surface area contributed by atoms with E-state index in [4.69, 9.17) is 4.74 Å². The number of fused-ring (bicyclic) bond motifs is 1. The van der Waals surface area contributed by atoms with Gasteiger partial charge >= 0.3 is 0 Å². The zero-order chi connectivity index (χ0) is 14.5. The highest BCUT2D eigenvalue weighted by atomic mass is 16.5. The van der Waals surface area contributed by atoms with Crippen LogP contribution < -0.4 is 15.4 Å². The van der Waals surface area contributed by atoms with Crippen LogP contribution in [0.5, 0.6) is 5.75 Å². The summed E-state index contributed by atoms with van der Waals surface area (Å²) in [5.41, 5.74) is 3.78. The summed E-state index contributed by atoms with van der Waals surface area (Å²) in [6.45, 7) is 4.86. The molecule has 21 heavy (non-hydrogen) atoms. The first-order valence-electron chi connectivity index (χ1n) is 7.59. The molecule has 2 aromatic carbocycles. The molecule has 3 rings (SSSR count). The van der Waals surface area contributed by atoms with Gasteiger partial charge in [0, 0.05) is 6.54 Å². The van der Waals surface area contributed by atoms with Crippen LogP contribution in [0.15, 0.2) is 48.5 Å². The Hall–Kier alpha value is -2.00. The molecule has 0 amide bonds. The van der Waals surface area contributed by atoms with Gasteiger partial charge < -0.3 is 15.4 Å². The van der Waals surface area contributed by atoms with Gasteiger partial charge in [-0.3, -0.25) is 0 Å². The van der Waals surface area contributed by atoms with E-state index >= 15 is 0 Å².